The van der Waals surface area contributed by atoms with Crippen molar-refractivity contribution in [3.05, 3.63) is 35.9 Å². The third kappa shape index (κ3) is 1.84. The fraction of sp³-hybridized carbons (Fsp3) is 0.562. The molecule has 1 heterocycles. The highest BCUT2D eigenvalue weighted by molar-refractivity contribution is 5.80. The van der Waals surface area contributed by atoms with E-state index in [-0.39, 0.29) is 17.4 Å². The molecule has 1 saturated heterocycles. The Morgan fingerprint density at radius 1 is 1.17 bits per heavy atom. The topological polar surface area (TPSA) is 29.1 Å². The summed E-state index contributed by atoms with van der Waals surface area (Å²) in [6.07, 6.45) is 4.25. The number of hydrogen-bond acceptors (Lipinski definition) is 1. The quantitative estimate of drug-likeness (QED) is 0.804. The van der Waals surface area contributed by atoms with Crippen LogP contribution in [0.3, 0.4) is 0 Å². The summed E-state index contributed by atoms with van der Waals surface area (Å²) in [5.41, 5.74) is 1.79. The first kappa shape index (κ1) is 11.8. The highest BCUT2D eigenvalue weighted by atomic mass is 16.2. The van der Waals surface area contributed by atoms with Gasteiger partial charge in [0, 0.05) is 11.8 Å². The van der Waals surface area contributed by atoms with Crippen molar-refractivity contribution in [3.8, 4) is 0 Å². The van der Waals surface area contributed by atoms with E-state index >= 15 is 0 Å². The summed E-state index contributed by atoms with van der Waals surface area (Å²) in [6, 6.07) is 10.7. The lowest BCUT2D eigenvalue weighted by Gasteiger charge is -2.31. The predicted octanol–water partition coefficient (Wildman–Crippen LogP) is 3.44. The third-order valence-corrected chi connectivity index (χ3v) is 4.69. The number of carbonyl (C=O) groups is 1. The molecule has 1 saturated carbocycles. The van der Waals surface area contributed by atoms with Crippen LogP contribution in [-0.4, -0.2) is 5.91 Å². The normalized spacial score (nSPS) is 33.9. The maximum atomic E-state index is 11.9. The van der Waals surface area contributed by atoms with Gasteiger partial charge in [0.15, 0.2) is 0 Å². The van der Waals surface area contributed by atoms with Crippen LogP contribution in [-0.2, 0) is 4.79 Å². The van der Waals surface area contributed by atoms with Gasteiger partial charge in [0.1, 0.15) is 0 Å². The van der Waals surface area contributed by atoms with Crippen molar-refractivity contribution in [1.29, 1.82) is 0 Å². The molecule has 0 bridgehead atoms. The van der Waals surface area contributed by atoms with E-state index in [2.05, 4.69) is 43.4 Å². The van der Waals surface area contributed by atoms with Crippen LogP contribution in [0.1, 0.15) is 51.1 Å². The van der Waals surface area contributed by atoms with Gasteiger partial charge in [0.25, 0.3) is 0 Å². The largest absolute Gasteiger partial charge is 0.349 e. The Kier molecular flexibility index (Phi) is 2.51. The number of benzene rings is 1. The molecule has 1 aromatic rings. The van der Waals surface area contributed by atoms with Crippen LogP contribution in [0.5, 0.6) is 0 Å². The highest BCUT2D eigenvalue weighted by Crippen LogP contribution is 2.59. The van der Waals surface area contributed by atoms with Gasteiger partial charge in [-0.05, 0) is 30.2 Å². The minimum atomic E-state index is 0.155. The molecule has 1 spiro atoms. The van der Waals surface area contributed by atoms with Gasteiger partial charge in [-0.2, -0.15) is 0 Å². The molecule has 3 rings (SSSR count). The Morgan fingerprint density at radius 3 is 2.50 bits per heavy atom. The van der Waals surface area contributed by atoms with Crippen molar-refractivity contribution < 1.29 is 4.79 Å². The van der Waals surface area contributed by atoms with E-state index in [4.69, 9.17) is 0 Å². The summed E-state index contributed by atoms with van der Waals surface area (Å²) in [5, 5.41) is 3.20. The van der Waals surface area contributed by atoms with Crippen molar-refractivity contribution in [1.82, 2.24) is 5.32 Å². The van der Waals surface area contributed by atoms with Crippen LogP contribution >= 0.6 is 0 Å². The lowest BCUT2D eigenvalue weighted by atomic mass is 9.73. The lowest BCUT2D eigenvalue weighted by Crippen LogP contribution is -2.28. The zero-order valence-electron chi connectivity index (χ0n) is 11.2. The van der Waals surface area contributed by atoms with Crippen molar-refractivity contribution >= 4 is 5.91 Å². The van der Waals surface area contributed by atoms with E-state index < -0.39 is 0 Å². The van der Waals surface area contributed by atoms with Gasteiger partial charge >= 0.3 is 0 Å². The molecule has 2 heteroatoms. The van der Waals surface area contributed by atoms with E-state index in [1.165, 1.54) is 12.0 Å². The van der Waals surface area contributed by atoms with Gasteiger partial charge in [-0.3, -0.25) is 4.79 Å². The smallest absolute Gasteiger partial charge is 0.221 e. The SMILES string of the molecule is CC1(C)CCC2(CC(=O)NC2c2ccccc2)C1. The summed E-state index contributed by atoms with van der Waals surface area (Å²) in [6.45, 7) is 4.65. The molecule has 2 atom stereocenters. The molecule has 0 radical (unpaired) electrons. The molecule has 1 amide bonds. The molecule has 0 aromatic heterocycles. The number of hydrogen-bond donors (Lipinski definition) is 1. The second kappa shape index (κ2) is 3.84. The molecule has 2 fully saturated rings. The fourth-order valence-corrected chi connectivity index (χ4v) is 3.98. The first-order valence-electron chi connectivity index (χ1n) is 6.85. The summed E-state index contributed by atoms with van der Waals surface area (Å²) in [4.78, 5) is 11.9. The van der Waals surface area contributed by atoms with Gasteiger partial charge < -0.3 is 5.32 Å². The number of amides is 1. The number of rotatable bonds is 1. The van der Waals surface area contributed by atoms with Crippen molar-refractivity contribution in [2.45, 2.75) is 45.6 Å². The van der Waals surface area contributed by atoms with E-state index in [1.54, 1.807) is 0 Å². The second-order valence-corrected chi connectivity index (χ2v) is 6.79. The molecule has 1 aliphatic carbocycles. The highest BCUT2D eigenvalue weighted by Gasteiger charge is 2.53. The van der Waals surface area contributed by atoms with Crippen molar-refractivity contribution in [3.63, 3.8) is 0 Å². The van der Waals surface area contributed by atoms with Crippen LogP contribution in [0.2, 0.25) is 0 Å². The molecule has 96 valence electrons. The molecule has 2 aliphatic rings. The Balaban J connectivity index is 1.96. The zero-order chi connectivity index (χ0) is 12.8. The summed E-state index contributed by atoms with van der Waals surface area (Å²) >= 11 is 0. The van der Waals surface area contributed by atoms with Gasteiger partial charge in [-0.25, -0.2) is 0 Å². The second-order valence-electron chi connectivity index (χ2n) is 6.79. The fourth-order valence-electron chi connectivity index (χ4n) is 3.98. The van der Waals surface area contributed by atoms with E-state index in [0.29, 0.717) is 11.8 Å². The minimum absolute atomic E-state index is 0.155. The molecule has 1 aromatic carbocycles. The first-order valence-corrected chi connectivity index (χ1v) is 6.85. The van der Waals surface area contributed by atoms with Gasteiger partial charge in [-0.1, -0.05) is 44.2 Å². The minimum Gasteiger partial charge on any atom is -0.349 e. The standard InChI is InChI=1S/C16H21NO/c1-15(2)8-9-16(11-15)10-13(18)17-14(16)12-6-4-3-5-7-12/h3-7,14H,8-11H2,1-2H3,(H,17,18). The Morgan fingerprint density at radius 2 is 1.89 bits per heavy atom. The van der Waals surface area contributed by atoms with Crippen LogP contribution in [0.25, 0.3) is 0 Å². The molecule has 18 heavy (non-hydrogen) atoms. The van der Waals surface area contributed by atoms with Crippen LogP contribution in [0.4, 0.5) is 0 Å². The first-order chi connectivity index (χ1) is 8.51. The Labute approximate surface area is 109 Å². The van der Waals surface area contributed by atoms with Crippen molar-refractivity contribution in [2.75, 3.05) is 0 Å². The van der Waals surface area contributed by atoms with Crippen LogP contribution in [0, 0.1) is 10.8 Å². The summed E-state index contributed by atoms with van der Waals surface area (Å²) in [7, 11) is 0. The Hall–Kier alpha value is -1.31. The predicted molar refractivity (Wildman–Crippen MR) is 72.0 cm³/mol. The van der Waals surface area contributed by atoms with E-state index in [1.807, 2.05) is 6.07 Å². The average molecular weight is 243 g/mol. The summed E-state index contributed by atoms with van der Waals surface area (Å²) in [5.74, 6) is 0.224. The third-order valence-electron chi connectivity index (χ3n) is 4.69. The average Bonchev–Trinajstić information content (AvgIpc) is 2.80. The number of nitrogens with one attached hydrogen (secondary N) is 1. The van der Waals surface area contributed by atoms with Crippen LogP contribution in [0.15, 0.2) is 30.3 Å². The van der Waals surface area contributed by atoms with Crippen molar-refractivity contribution in [2.24, 2.45) is 10.8 Å². The molecular formula is C16H21NO. The summed E-state index contributed by atoms with van der Waals surface area (Å²) < 4.78 is 0. The molecular weight excluding hydrogens is 222 g/mol. The van der Waals surface area contributed by atoms with E-state index in [0.717, 1.165) is 12.8 Å². The zero-order valence-corrected chi connectivity index (χ0v) is 11.2. The molecule has 1 N–H and O–H groups in total. The maximum absolute atomic E-state index is 11.9. The van der Waals surface area contributed by atoms with E-state index in [9.17, 15) is 4.79 Å². The van der Waals surface area contributed by atoms with Crippen LogP contribution < -0.4 is 5.32 Å². The monoisotopic (exact) mass is 243 g/mol. The number of carbonyl (C=O) groups excluding carboxylic acids is 1. The lowest BCUT2D eigenvalue weighted by molar-refractivity contribution is -0.119. The van der Waals surface area contributed by atoms with Gasteiger partial charge in [0.2, 0.25) is 5.91 Å². The maximum Gasteiger partial charge on any atom is 0.221 e. The molecule has 2 nitrogen and oxygen atoms in total. The van der Waals surface area contributed by atoms with Gasteiger partial charge in [-0.15, -0.1) is 0 Å². The molecule has 1 aliphatic heterocycles. The van der Waals surface area contributed by atoms with Gasteiger partial charge in [0.05, 0.1) is 6.04 Å². The molecule has 2 unspecified atom stereocenters. The Bertz CT molecular complexity index is 465.